The van der Waals surface area contributed by atoms with Gasteiger partial charge in [0.25, 0.3) is 0 Å². The second-order valence-electron chi connectivity index (χ2n) is 2.46. The zero-order valence-electron chi connectivity index (χ0n) is 6.96. The molecule has 12 heavy (non-hydrogen) atoms. The number of benzene rings is 1. The second kappa shape index (κ2) is 6.84. The van der Waals surface area contributed by atoms with Crippen LogP contribution in [0.2, 0.25) is 0 Å². The van der Waals surface area contributed by atoms with Crippen molar-refractivity contribution in [1.82, 2.24) is 0 Å². The molecule has 0 radical (unpaired) electrons. The maximum atomic E-state index is 8.98. The molecular formula is C9H11IOZn+2. The van der Waals surface area contributed by atoms with Gasteiger partial charge in [-0.1, -0.05) is 34.7 Å². The van der Waals surface area contributed by atoms with E-state index in [-0.39, 0.29) is 19.5 Å². The number of alkyl halides is 1. The summed E-state index contributed by atoms with van der Waals surface area (Å²) >= 11 is 2.37. The molecule has 0 spiro atoms. The maximum absolute atomic E-state index is 8.98. The minimum atomic E-state index is 0. The molecule has 0 aliphatic heterocycles. The molecule has 60 valence electrons. The van der Waals surface area contributed by atoms with Crippen molar-refractivity contribution in [3.63, 3.8) is 0 Å². The number of aryl methyl sites for hydroxylation is 1. The summed E-state index contributed by atoms with van der Waals surface area (Å²) in [5.74, 6) is 0.350. The first-order valence-electron chi connectivity index (χ1n) is 3.67. The normalized spacial score (nSPS) is 9.08. The van der Waals surface area contributed by atoms with Gasteiger partial charge in [-0.15, -0.1) is 0 Å². The van der Waals surface area contributed by atoms with Crippen molar-refractivity contribution in [2.75, 3.05) is 4.43 Å². The van der Waals surface area contributed by atoms with E-state index in [2.05, 4.69) is 22.6 Å². The summed E-state index contributed by atoms with van der Waals surface area (Å²) in [4.78, 5) is 0. The number of phenolic OH excluding ortho intramolecular Hbond substituents is 1. The van der Waals surface area contributed by atoms with Crippen LogP contribution in [0.3, 0.4) is 0 Å². The topological polar surface area (TPSA) is 20.2 Å². The summed E-state index contributed by atoms with van der Waals surface area (Å²) < 4.78 is 1.19. The molecule has 1 N–H and O–H groups in total. The van der Waals surface area contributed by atoms with Gasteiger partial charge < -0.3 is 5.11 Å². The Bertz CT molecular complexity index is 210. The van der Waals surface area contributed by atoms with Crippen LogP contribution >= 0.6 is 22.6 Å². The van der Waals surface area contributed by atoms with Gasteiger partial charge in [0.2, 0.25) is 0 Å². The van der Waals surface area contributed by atoms with Gasteiger partial charge in [0, 0.05) is 0 Å². The van der Waals surface area contributed by atoms with Gasteiger partial charge in [-0.25, -0.2) is 0 Å². The molecule has 0 bridgehead atoms. The van der Waals surface area contributed by atoms with Crippen LogP contribution in [0.15, 0.2) is 24.3 Å². The molecule has 0 aliphatic rings. The average Bonchev–Trinajstić information content (AvgIpc) is 2.04. The number of rotatable bonds is 3. The van der Waals surface area contributed by atoms with E-state index in [1.54, 1.807) is 12.1 Å². The van der Waals surface area contributed by atoms with E-state index in [1.165, 1.54) is 16.4 Å². The molecule has 3 heteroatoms. The fraction of sp³-hybridized carbons (Fsp3) is 0.333. The van der Waals surface area contributed by atoms with Crippen LogP contribution in [0.4, 0.5) is 0 Å². The minimum Gasteiger partial charge on any atom is -0.508 e. The summed E-state index contributed by atoms with van der Waals surface area (Å²) in [6.07, 6.45) is 2.33. The fourth-order valence-electron chi connectivity index (χ4n) is 0.934. The Morgan fingerprint density at radius 2 is 1.75 bits per heavy atom. The molecule has 0 aliphatic carbocycles. The number of halogens is 1. The van der Waals surface area contributed by atoms with Crippen LogP contribution in [0, 0.1) is 0 Å². The Morgan fingerprint density at radius 3 is 2.25 bits per heavy atom. The van der Waals surface area contributed by atoms with Crippen molar-refractivity contribution < 1.29 is 24.6 Å². The van der Waals surface area contributed by atoms with Crippen LogP contribution in [0.5, 0.6) is 5.75 Å². The Labute approximate surface area is 99.5 Å². The standard InChI is InChI=1S/C9H11IO.Zn/c10-7-1-2-8-3-5-9(11)6-4-8;/h3-6,11H,1-2,7H2;/q;+2. The van der Waals surface area contributed by atoms with Gasteiger partial charge >= 0.3 is 19.5 Å². The van der Waals surface area contributed by atoms with E-state index in [4.69, 9.17) is 5.11 Å². The minimum absolute atomic E-state index is 0. The molecule has 0 heterocycles. The summed E-state index contributed by atoms with van der Waals surface area (Å²) in [7, 11) is 0. The summed E-state index contributed by atoms with van der Waals surface area (Å²) in [5.41, 5.74) is 1.31. The van der Waals surface area contributed by atoms with Crippen molar-refractivity contribution in [2.24, 2.45) is 0 Å². The van der Waals surface area contributed by atoms with E-state index < -0.39 is 0 Å². The molecule has 0 amide bonds. The summed E-state index contributed by atoms with van der Waals surface area (Å²) in [6.45, 7) is 0. The first kappa shape index (κ1) is 12.4. The van der Waals surface area contributed by atoms with Gasteiger partial charge in [0.15, 0.2) is 0 Å². The van der Waals surface area contributed by atoms with E-state index in [0.717, 1.165) is 6.42 Å². The maximum Gasteiger partial charge on any atom is 2.00 e. The number of hydrogen-bond acceptors (Lipinski definition) is 1. The van der Waals surface area contributed by atoms with Gasteiger partial charge in [-0.05, 0) is 35.0 Å². The summed E-state index contributed by atoms with van der Waals surface area (Å²) in [5, 5.41) is 8.98. The van der Waals surface area contributed by atoms with E-state index in [0.29, 0.717) is 5.75 Å². The van der Waals surface area contributed by atoms with Crippen molar-refractivity contribution in [2.45, 2.75) is 12.8 Å². The molecule has 1 rings (SSSR count). The van der Waals surface area contributed by atoms with Crippen LogP contribution < -0.4 is 0 Å². The average molecular weight is 327 g/mol. The third kappa shape index (κ3) is 4.41. The Morgan fingerprint density at radius 1 is 1.17 bits per heavy atom. The van der Waals surface area contributed by atoms with Crippen molar-refractivity contribution in [1.29, 1.82) is 0 Å². The Balaban J connectivity index is 0.00000121. The molecule has 1 aromatic carbocycles. The van der Waals surface area contributed by atoms with Gasteiger partial charge in [0.05, 0.1) is 0 Å². The van der Waals surface area contributed by atoms with Crippen molar-refractivity contribution in [3.05, 3.63) is 29.8 Å². The Hall–Kier alpha value is 0.373. The van der Waals surface area contributed by atoms with Crippen LogP contribution in [0.1, 0.15) is 12.0 Å². The van der Waals surface area contributed by atoms with Crippen molar-refractivity contribution >= 4 is 22.6 Å². The molecule has 0 fully saturated rings. The molecule has 0 atom stereocenters. The smallest absolute Gasteiger partial charge is 0.508 e. The van der Waals surface area contributed by atoms with Crippen LogP contribution in [-0.4, -0.2) is 9.53 Å². The Kier molecular flexibility index (Phi) is 7.06. The predicted octanol–water partition coefficient (Wildman–Crippen LogP) is 2.76. The van der Waals surface area contributed by atoms with E-state index in [1.807, 2.05) is 12.1 Å². The number of phenols is 1. The third-order valence-electron chi connectivity index (χ3n) is 1.54. The summed E-state index contributed by atoms with van der Waals surface area (Å²) in [6, 6.07) is 7.42. The SMILES string of the molecule is Oc1ccc(CCCI)cc1.[Zn+2]. The molecule has 0 aromatic heterocycles. The van der Waals surface area contributed by atoms with Gasteiger partial charge in [-0.2, -0.15) is 0 Å². The van der Waals surface area contributed by atoms with Crippen LogP contribution in [-0.2, 0) is 25.9 Å². The first-order valence-corrected chi connectivity index (χ1v) is 5.19. The second-order valence-corrected chi connectivity index (χ2v) is 3.54. The quantitative estimate of drug-likeness (QED) is 0.514. The van der Waals surface area contributed by atoms with Crippen LogP contribution in [0.25, 0.3) is 0 Å². The number of hydrogen-bond donors (Lipinski definition) is 1. The van der Waals surface area contributed by atoms with Gasteiger partial charge in [0.1, 0.15) is 5.75 Å². The number of aromatic hydroxyl groups is 1. The monoisotopic (exact) mass is 326 g/mol. The zero-order chi connectivity index (χ0) is 8.10. The third-order valence-corrected chi connectivity index (χ3v) is 2.30. The molecule has 0 unspecified atom stereocenters. The largest absolute Gasteiger partial charge is 2.00 e. The molecule has 0 saturated carbocycles. The van der Waals surface area contributed by atoms with E-state index >= 15 is 0 Å². The fourth-order valence-corrected chi connectivity index (χ4v) is 1.31. The molecular weight excluding hydrogens is 316 g/mol. The van der Waals surface area contributed by atoms with Gasteiger partial charge in [-0.3, -0.25) is 0 Å². The predicted molar refractivity (Wildman–Crippen MR) is 55.3 cm³/mol. The molecule has 1 aromatic rings. The van der Waals surface area contributed by atoms with E-state index in [9.17, 15) is 0 Å². The first-order chi connectivity index (χ1) is 5.33. The zero-order valence-corrected chi connectivity index (χ0v) is 12.1. The molecule has 1 nitrogen and oxygen atoms in total. The van der Waals surface area contributed by atoms with Crippen molar-refractivity contribution in [3.8, 4) is 5.75 Å². The molecule has 0 saturated heterocycles.